The van der Waals surface area contributed by atoms with Crippen molar-refractivity contribution in [3.8, 4) is 0 Å². The van der Waals surface area contributed by atoms with E-state index in [9.17, 15) is 4.21 Å². The first-order valence-corrected chi connectivity index (χ1v) is 9.58. The Morgan fingerprint density at radius 2 is 1.96 bits per heavy atom. The minimum atomic E-state index is -0.908. The SMILES string of the molecule is CS(=O)c1ccc(NC2CCN(Cc3cccnc3)CC2)cc1. The van der Waals surface area contributed by atoms with Crippen LogP contribution >= 0.6 is 0 Å². The summed E-state index contributed by atoms with van der Waals surface area (Å²) in [5.41, 5.74) is 2.40. The second-order valence-electron chi connectivity index (χ2n) is 6.03. The van der Waals surface area contributed by atoms with Gasteiger partial charge in [0.1, 0.15) is 0 Å². The Balaban J connectivity index is 1.48. The van der Waals surface area contributed by atoms with Gasteiger partial charge in [0.15, 0.2) is 0 Å². The van der Waals surface area contributed by atoms with Crippen LogP contribution in [-0.4, -0.2) is 39.5 Å². The number of anilines is 1. The maximum atomic E-state index is 11.4. The van der Waals surface area contributed by atoms with E-state index in [0.29, 0.717) is 6.04 Å². The van der Waals surface area contributed by atoms with Crippen molar-refractivity contribution in [3.63, 3.8) is 0 Å². The first kappa shape index (κ1) is 16.1. The molecule has 1 unspecified atom stereocenters. The van der Waals surface area contributed by atoms with Crippen LogP contribution in [0.1, 0.15) is 18.4 Å². The Morgan fingerprint density at radius 3 is 2.57 bits per heavy atom. The highest BCUT2D eigenvalue weighted by molar-refractivity contribution is 7.84. The van der Waals surface area contributed by atoms with E-state index in [0.717, 1.165) is 43.1 Å². The number of benzene rings is 1. The highest BCUT2D eigenvalue weighted by atomic mass is 32.2. The van der Waals surface area contributed by atoms with E-state index >= 15 is 0 Å². The zero-order valence-corrected chi connectivity index (χ0v) is 14.3. The zero-order valence-electron chi connectivity index (χ0n) is 13.4. The Bertz CT molecular complexity index is 637. The van der Waals surface area contributed by atoms with E-state index in [1.807, 2.05) is 42.7 Å². The average Bonchev–Trinajstić information content (AvgIpc) is 2.58. The van der Waals surface area contributed by atoms with Crippen LogP contribution in [0.3, 0.4) is 0 Å². The number of piperidine rings is 1. The monoisotopic (exact) mass is 329 g/mol. The number of nitrogens with zero attached hydrogens (tertiary/aromatic N) is 2. The summed E-state index contributed by atoms with van der Waals surface area (Å²) in [6.45, 7) is 3.19. The van der Waals surface area contributed by atoms with Crippen LogP contribution in [0.15, 0.2) is 53.7 Å². The van der Waals surface area contributed by atoms with Gasteiger partial charge in [-0.1, -0.05) is 6.07 Å². The molecule has 1 aliphatic rings. The lowest BCUT2D eigenvalue weighted by molar-refractivity contribution is 0.211. The molecule has 0 amide bonds. The smallest absolute Gasteiger partial charge is 0.0498 e. The minimum absolute atomic E-state index is 0.512. The van der Waals surface area contributed by atoms with Crippen molar-refractivity contribution in [1.82, 2.24) is 9.88 Å². The molecule has 3 rings (SSSR count). The van der Waals surface area contributed by atoms with Gasteiger partial charge in [0.05, 0.1) is 0 Å². The molecule has 1 saturated heterocycles. The molecule has 0 radical (unpaired) electrons. The molecular formula is C18H23N3OS. The number of hydrogen-bond donors (Lipinski definition) is 1. The van der Waals surface area contributed by atoms with Crippen LogP contribution in [0.2, 0.25) is 0 Å². The van der Waals surface area contributed by atoms with Crippen molar-refractivity contribution in [2.45, 2.75) is 30.3 Å². The molecule has 1 N–H and O–H groups in total. The molecule has 122 valence electrons. The van der Waals surface area contributed by atoms with Gasteiger partial charge in [-0.2, -0.15) is 0 Å². The number of aromatic nitrogens is 1. The van der Waals surface area contributed by atoms with Gasteiger partial charge < -0.3 is 5.32 Å². The van der Waals surface area contributed by atoms with Gasteiger partial charge in [-0.3, -0.25) is 14.1 Å². The van der Waals surface area contributed by atoms with Crippen LogP contribution in [-0.2, 0) is 17.3 Å². The predicted octanol–water partition coefficient (Wildman–Crippen LogP) is 2.90. The van der Waals surface area contributed by atoms with Crippen LogP contribution in [0, 0.1) is 0 Å². The van der Waals surface area contributed by atoms with Crippen molar-refractivity contribution < 1.29 is 4.21 Å². The third kappa shape index (κ3) is 4.62. The molecule has 1 aliphatic heterocycles. The van der Waals surface area contributed by atoms with Crippen molar-refractivity contribution >= 4 is 16.5 Å². The normalized spacial score (nSPS) is 17.8. The molecular weight excluding hydrogens is 306 g/mol. The molecule has 4 nitrogen and oxygen atoms in total. The summed E-state index contributed by atoms with van der Waals surface area (Å²) in [4.78, 5) is 7.54. The second-order valence-corrected chi connectivity index (χ2v) is 7.41. The topological polar surface area (TPSA) is 45.2 Å². The van der Waals surface area contributed by atoms with Crippen molar-refractivity contribution in [2.24, 2.45) is 0 Å². The molecule has 0 spiro atoms. The van der Waals surface area contributed by atoms with Gasteiger partial charge in [-0.25, -0.2) is 0 Å². The number of likely N-dealkylation sites (tertiary alicyclic amines) is 1. The van der Waals surface area contributed by atoms with Gasteiger partial charge in [0.2, 0.25) is 0 Å². The van der Waals surface area contributed by atoms with Crippen molar-refractivity contribution in [2.75, 3.05) is 24.7 Å². The maximum Gasteiger partial charge on any atom is 0.0498 e. The fraction of sp³-hybridized carbons (Fsp3) is 0.389. The Hall–Kier alpha value is -1.72. The fourth-order valence-corrected chi connectivity index (χ4v) is 3.48. The van der Waals surface area contributed by atoms with E-state index in [4.69, 9.17) is 0 Å². The molecule has 0 aliphatic carbocycles. The standard InChI is InChI=1S/C18H23N3OS/c1-23(22)18-6-4-16(5-7-18)20-17-8-11-21(12-9-17)14-15-3-2-10-19-13-15/h2-7,10,13,17,20H,8-9,11-12,14H2,1H3. The van der Waals surface area contributed by atoms with E-state index in [2.05, 4.69) is 21.3 Å². The van der Waals surface area contributed by atoms with E-state index in [1.165, 1.54) is 5.56 Å². The lowest BCUT2D eigenvalue weighted by atomic mass is 10.0. The highest BCUT2D eigenvalue weighted by Gasteiger charge is 2.19. The largest absolute Gasteiger partial charge is 0.382 e. The number of rotatable bonds is 5. The molecule has 0 bridgehead atoms. The number of hydrogen-bond acceptors (Lipinski definition) is 4. The number of nitrogens with one attached hydrogen (secondary N) is 1. The summed E-state index contributed by atoms with van der Waals surface area (Å²) in [6.07, 6.45) is 7.76. The zero-order chi connectivity index (χ0) is 16.1. The van der Waals surface area contributed by atoms with Crippen molar-refractivity contribution in [1.29, 1.82) is 0 Å². The summed E-state index contributed by atoms with van der Waals surface area (Å²) < 4.78 is 11.4. The lowest BCUT2D eigenvalue weighted by Crippen LogP contribution is -2.38. The molecule has 1 fully saturated rings. The van der Waals surface area contributed by atoms with Crippen LogP contribution < -0.4 is 5.32 Å². The fourth-order valence-electron chi connectivity index (χ4n) is 2.96. The predicted molar refractivity (Wildman–Crippen MR) is 94.9 cm³/mol. The summed E-state index contributed by atoms with van der Waals surface area (Å²) in [6, 6.07) is 12.6. The van der Waals surface area contributed by atoms with Crippen molar-refractivity contribution in [3.05, 3.63) is 54.4 Å². The van der Waals surface area contributed by atoms with Gasteiger partial charge in [-0.05, 0) is 48.7 Å². The molecule has 1 atom stereocenters. The summed E-state index contributed by atoms with van der Waals surface area (Å²) in [5.74, 6) is 0. The van der Waals surface area contributed by atoms with Gasteiger partial charge in [-0.15, -0.1) is 0 Å². The van der Waals surface area contributed by atoms with Gasteiger partial charge in [0.25, 0.3) is 0 Å². The van der Waals surface area contributed by atoms with Gasteiger partial charge in [0, 0.05) is 65.7 Å². The Morgan fingerprint density at radius 1 is 1.22 bits per heavy atom. The first-order valence-electron chi connectivity index (χ1n) is 8.02. The average molecular weight is 329 g/mol. The molecule has 0 saturated carbocycles. The molecule has 5 heteroatoms. The molecule has 1 aromatic heterocycles. The summed E-state index contributed by atoms with van der Waals surface area (Å²) in [5, 5.41) is 3.59. The molecule has 2 aromatic rings. The van der Waals surface area contributed by atoms with E-state index < -0.39 is 10.8 Å². The maximum absolute atomic E-state index is 11.4. The Labute approximate surface area is 140 Å². The lowest BCUT2D eigenvalue weighted by Gasteiger charge is -2.32. The third-order valence-corrected chi connectivity index (χ3v) is 5.21. The summed E-state index contributed by atoms with van der Waals surface area (Å²) in [7, 11) is -0.908. The van der Waals surface area contributed by atoms with Crippen LogP contribution in [0.5, 0.6) is 0 Å². The van der Waals surface area contributed by atoms with Crippen LogP contribution in [0.25, 0.3) is 0 Å². The molecule has 2 heterocycles. The molecule has 1 aromatic carbocycles. The van der Waals surface area contributed by atoms with E-state index in [1.54, 1.807) is 6.26 Å². The minimum Gasteiger partial charge on any atom is -0.382 e. The third-order valence-electron chi connectivity index (χ3n) is 4.27. The second kappa shape index (κ2) is 7.70. The van der Waals surface area contributed by atoms with Gasteiger partial charge >= 0.3 is 0 Å². The highest BCUT2D eigenvalue weighted by Crippen LogP contribution is 2.19. The Kier molecular flexibility index (Phi) is 5.41. The first-order chi connectivity index (χ1) is 11.2. The van der Waals surface area contributed by atoms with Crippen LogP contribution in [0.4, 0.5) is 5.69 Å². The quantitative estimate of drug-likeness (QED) is 0.916. The molecule has 23 heavy (non-hydrogen) atoms. The number of pyridine rings is 1. The van der Waals surface area contributed by atoms with E-state index in [-0.39, 0.29) is 0 Å². The summed E-state index contributed by atoms with van der Waals surface area (Å²) >= 11 is 0.